The first-order valence-electron chi connectivity index (χ1n) is 16.4. The van der Waals surface area contributed by atoms with Gasteiger partial charge in [-0.2, -0.15) is 4.98 Å². The van der Waals surface area contributed by atoms with Crippen LogP contribution in [0.5, 0.6) is 5.75 Å². The third-order valence-corrected chi connectivity index (χ3v) is 11.1. The number of nitrogens with zero attached hydrogens (tertiary/aromatic N) is 5. The molecule has 4 fully saturated rings. The van der Waals surface area contributed by atoms with E-state index in [9.17, 15) is 9.90 Å². The van der Waals surface area contributed by atoms with E-state index in [4.69, 9.17) is 21.6 Å². The number of phenols is 1. The second-order valence-corrected chi connectivity index (χ2v) is 14.6. The number of benzene rings is 1. The van der Waals surface area contributed by atoms with Crippen molar-refractivity contribution in [1.29, 1.82) is 0 Å². The van der Waals surface area contributed by atoms with Gasteiger partial charge in [0.15, 0.2) is 5.82 Å². The summed E-state index contributed by atoms with van der Waals surface area (Å²) in [6.45, 7) is 8.02. The van der Waals surface area contributed by atoms with Crippen molar-refractivity contribution >= 4 is 22.5 Å². The third-order valence-electron chi connectivity index (χ3n) is 10.7. The van der Waals surface area contributed by atoms with Crippen molar-refractivity contribution in [3.8, 4) is 22.7 Å². The Morgan fingerprint density at radius 1 is 1.00 bits per heavy atom. The second-order valence-electron chi connectivity index (χ2n) is 14.2. The normalized spacial score (nSPS) is 25.6. The number of fused-ring (bicyclic) bond motifs is 5. The number of halogens is 2. The van der Waals surface area contributed by atoms with Crippen molar-refractivity contribution in [3.63, 3.8) is 0 Å². The number of aromatic nitrogens is 5. The number of aromatic hydroxyl groups is 1. The lowest BCUT2D eigenvalue weighted by molar-refractivity contribution is 0.0529. The van der Waals surface area contributed by atoms with Gasteiger partial charge in [-0.3, -0.25) is 9.55 Å². The summed E-state index contributed by atoms with van der Waals surface area (Å²) >= 11 is 6.64. The first kappa shape index (κ1) is 29.0. The molecular weight excluding hydrogens is 591 g/mol. The Morgan fingerprint density at radius 2 is 1.73 bits per heavy atom. The molecule has 8 rings (SSSR count). The maximum atomic E-state index is 17.5. The first-order valence-corrected chi connectivity index (χ1v) is 16.7. The van der Waals surface area contributed by atoms with E-state index in [0.717, 1.165) is 31.2 Å². The minimum atomic E-state index is -0.633. The molecule has 3 aromatic heterocycles. The molecule has 2 N–H and O–H groups in total. The zero-order valence-electron chi connectivity index (χ0n) is 26.0. The van der Waals surface area contributed by atoms with Crippen LogP contribution in [0.3, 0.4) is 0 Å². The van der Waals surface area contributed by atoms with Gasteiger partial charge in [0.25, 0.3) is 0 Å². The average molecular weight is 629 g/mol. The van der Waals surface area contributed by atoms with Gasteiger partial charge >= 0.3 is 5.69 Å². The quantitative estimate of drug-likeness (QED) is 0.234. The highest BCUT2D eigenvalue weighted by Crippen LogP contribution is 2.56. The summed E-state index contributed by atoms with van der Waals surface area (Å²) in [5, 5.41) is 15.2. The maximum absolute atomic E-state index is 17.5. The monoisotopic (exact) mass is 628 g/mol. The summed E-state index contributed by atoms with van der Waals surface area (Å²) < 4.78 is 18.9. The van der Waals surface area contributed by atoms with Crippen LogP contribution in [0.15, 0.2) is 29.5 Å². The lowest BCUT2D eigenvalue weighted by Gasteiger charge is -2.51. The van der Waals surface area contributed by atoms with Crippen LogP contribution in [0.25, 0.3) is 27.8 Å². The summed E-state index contributed by atoms with van der Waals surface area (Å²) in [6.07, 6.45) is 9.39. The molecule has 2 saturated carbocycles. The second kappa shape index (κ2) is 10.6. The Morgan fingerprint density at radius 3 is 2.42 bits per heavy atom. The van der Waals surface area contributed by atoms with E-state index < -0.39 is 11.5 Å². The molecule has 8 nitrogen and oxygen atoms in total. The molecule has 2 aliphatic carbocycles. The zero-order valence-corrected chi connectivity index (χ0v) is 26.8. The summed E-state index contributed by atoms with van der Waals surface area (Å²) in [7, 11) is 0. The number of nitrogens with one attached hydrogen (secondary N) is 1. The standard InChI is InChI=1S/C35H38ClFN6O2/c1-15(2)29-34(30(16(3)4)40-14-39-29)43-33-24(31(42-35(43)45)22-12-21-20(22)9-18-7-8-26(21)41-18)13-38-32(28(33)37)23-10-19(44)11-25(36)27(23)17-5-6-17/h10-11,13-18,20-22,26,41,44H,5-9,12H2,1-4H3/t18?,20?,21-,22?,26?/m0/s1. The SMILES string of the molecule is CC(C)c1ncnc(C(C)C)c1-n1c(=O)nc(C2C[C@@H]3C4CCC(CC23)N4)c2cnc(-c3cc(O)cc(Cl)c3C3CC3)c(F)c21. The Bertz CT molecular complexity index is 1890. The van der Waals surface area contributed by atoms with Crippen molar-refractivity contribution in [1.82, 2.24) is 29.8 Å². The van der Waals surface area contributed by atoms with Crippen molar-refractivity contribution in [2.45, 2.75) is 102 Å². The third kappa shape index (κ3) is 4.52. The Labute approximate surface area is 266 Å². The number of hydrogen-bond donors (Lipinski definition) is 2. The van der Waals surface area contributed by atoms with E-state index in [0.29, 0.717) is 62.7 Å². The Kier molecular flexibility index (Phi) is 6.80. The van der Waals surface area contributed by atoms with Gasteiger partial charge in [0, 0.05) is 40.2 Å². The van der Waals surface area contributed by atoms with Crippen LogP contribution in [-0.4, -0.2) is 41.7 Å². The topological polar surface area (TPSA) is 106 Å². The fraction of sp³-hybridized carbons (Fsp3) is 0.514. The van der Waals surface area contributed by atoms with E-state index in [1.807, 2.05) is 27.7 Å². The highest BCUT2D eigenvalue weighted by Gasteiger charge is 2.53. The van der Waals surface area contributed by atoms with Crippen molar-refractivity contribution in [2.75, 3.05) is 0 Å². The number of pyridine rings is 1. The van der Waals surface area contributed by atoms with Crippen LogP contribution >= 0.6 is 11.6 Å². The lowest BCUT2D eigenvalue weighted by atomic mass is 9.58. The summed E-state index contributed by atoms with van der Waals surface area (Å²) in [5.74, 6) is 0.373. The van der Waals surface area contributed by atoms with Gasteiger partial charge in [0.1, 0.15) is 17.8 Å². The van der Waals surface area contributed by atoms with Crippen molar-refractivity contribution < 1.29 is 9.50 Å². The molecule has 0 radical (unpaired) electrons. The van der Waals surface area contributed by atoms with E-state index in [-0.39, 0.29) is 40.6 Å². The minimum Gasteiger partial charge on any atom is -0.508 e. The molecule has 234 valence electrons. The number of rotatable bonds is 6. The van der Waals surface area contributed by atoms with Gasteiger partial charge in [-0.05, 0) is 85.8 Å². The van der Waals surface area contributed by atoms with Crippen molar-refractivity contribution in [2.24, 2.45) is 11.8 Å². The average Bonchev–Trinajstić information content (AvgIpc) is 3.74. The van der Waals surface area contributed by atoms with E-state index in [1.165, 1.54) is 35.9 Å². The summed E-state index contributed by atoms with van der Waals surface area (Å²) in [4.78, 5) is 33.0. The highest BCUT2D eigenvalue weighted by atomic mass is 35.5. The fourth-order valence-electron chi connectivity index (χ4n) is 8.50. The highest BCUT2D eigenvalue weighted by molar-refractivity contribution is 6.32. The molecule has 10 heteroatoms. The molecule has 4 unspecified atom stereocenters. The van der Waals surface area contributed by atoms with Gasteiger partial charge in [-0.25, -0.2) is 19.2 Å². The van der Waals surface area contributed by atoms with Gasteiger partial charge in [0.2, 0.25) is 0 Å². The molecular formula is C35H38ClFN6O2. The molecule has 45 heavy (non-hydrogen) atoms. The summed E-state index contributed by atoms with van der Waals surface area (Å²) in [5.41, 5.74) is 3.32. The van der Waals surface area contributed by atoms with Gasteiger partial charge in [0.05, 0.1) is 28.3 Å². The van der Waals surface area contributed by atoms with E-state index in [1.54, 1.807) is 6.20 Å². The van der Waals surface area contributed by atoms with Crippen LogP contribution in [-0.2, 0) is 0 Å². The lowest BCUT2D eigenvalue weighted by Crippen LogP contribution is -2.53. The first-order chi connectivity index (χ1) is 21.6. The molecule has 0 spiro atoms. The largest absolute Gasteiger partial charge is 0.508 e. The number of hydrogen-bond acceptors (Lipinski definition) is 7. The van der Waals surface area contributed by atoms with E-state index in [2.05, 4.69) is 15.3 Å². The molecule has 2 saturated heterocycles. The molecule has 5 atom stereocenters. The molecule has 4 aliphatic rings. The molecule has 2 bridgehead atoms. The van der Waals surface area contributed by atoms with Gasteiger partial charge < -0.3 is 10.4 Å². The zero-order chi connectivity index (χ0) is 31.3. The Hall–Kier alpha value is -3.43. The van der Waals surface area contributed by atoms with Crippen LogP contribution in [0.2, 0.25) is 5.02 Å². The predicted octanol–water partition coefficient (Wildman–Crippen LogP) is 7.10. The van der Waals surface area contributed by atoms with Crippen LogP contribution < -0.4 is 11.0 Å². The van der Waals surface area contributed by atoms with Crippen molar-refractivity contribution in [3.05, 3.63) is 68.6 Å². The number of phenolic OH excluding ortho intramolecular Hbond substituents is 1. The molecule has 1 aromatic carbocycles. The van der Waals surface area contributed by atoms with Crippen LogP contribution in [0.1, 0.15) is 113 Å². The van der Waals surface area contributed by atoms with E-state index >= 15 is 4.39 Å². The number of piperidine rings is 1. The van der Waals surface area contributed by atoms with Crippen LogP contribution in [0, 0.1) is 17.7 Å². The van der Waals surface area contributed by atoms with Crippen LogP contribution in [0.4, 0.5) is 4.39 Å². The predicted molar refractivity (Wildman–Crippen MR) is 172 cm³/mol. The molecule has 4 aromatic rings. The smallest absolute Gasteiger partial charge is 0.353 e. The summed E-state index contributed by atoms with van der Waals surface area (Å²) in [6, 6.07) is 4.04. The fourth-order valence-corrected chi connectivity index (χ4v) is 8.87. The maximum Gasteiger partial charge on any atom is 0.353 e. The van der Waals surface area contributed by atoms with Gasteiger partial charge in [-0.15, -0.1) is 0 Å². The molecule has 2 aliphatic heterocycles. The minimum absolute atomic E-state index is 0.0598. The Balaban J connectivity index is 1.42. The molecule has 5 heterocycles. The molecule has 0 amide bonds. The van der Waals surface area contributed by atoms with Gasteiger partial charge in [-0.1, -0.05) is 39.3 Å².